The highest BCUT2D eigenvalue weighted by atomic mass is 16.7. The molecule has 1 unspecified atom stereocenters. The summed E-state index contributed by atoms with van der Waals surface area (Å²) in [5, 5.41) is 15.8. The smallest absolute Gasteiger partial charge is 0.177 e. The van der Waals surface area contributed by atoms with Crippen LogP contribution >= 0.6 is 0 Å². The molecule has 1 aliphatic rings. The first-order chi connectivity index (χ1) is 13.3. The van der Waals surface area contributed by atoms with E-state index in [2.05, 4.69) is 5.16 Å². The Labute approximate surface area is 158 Å². The summed E-state index contributed by atoms with van der Waals surface area (Å²) in [4.78, 5) is 0. The number of benzene rings is 2. The lowest BCUT2D eigenvalue weighted by Gasteiger charge is -2.26. The zero-order valence-corrected chi connectivity index (χ0v) is 15.1. The van der Waals surface area contributed by atoms with Gasteiger partial charge in [-0.2, -0.15) is 0 Å². The van der Waals surface area contributed by atoms with E-state index in [1.165, 1.54) is 0 Å². The Morgan fingerprint density at radius 1 is 1.00 bits per heavy atom. The van der Waals surface area contributed by atoms with E-state index in [0.717, 1.165) is 37.0 Å². The van der Waals surface area contributed by atoms with Gasteiger partial charge in [0.05, 0.1) is 6.61 Å². The maximum absolute atomic E-state index is 11.7. The molecule has 140 valence electrons. The average Bonchev–Trinajstić information content (AvgIpc) is 3.23. The first-order valence-corrected chi connectivity index (χ1v) is 9.29. The molecule has 0 spiro atoms. The van der Waals surface area contributed by atoms with Crippen LogP contribution in [0.15, 0.2) is 71.3 Å². The lowest BCUT2D eigenvalue weighted by molar-refractivity contribution is -0.169. The summed E-state index contributed by atoms with van der Waals surface area (Å²) in [7, 11) is 0. The first kappa shape index (κ1) is 17.9. The molecule has 1 fully saturated rings. The predicted octanol–water partition coefficient (Wildman–Crippen LogP) is 4.00. The fourth-order valence-electron chi connectivity index (χ4n) is 3.38. The average molecular weight is 365 g/mol. The van der Waals surface area contributed by atoms with E-state index in [9.17, 15) is 5.11 Å². The molecule has 1 saturated heterocycles. The van der Waals surface area contributed by atoms with Crippen molar-refractivity contribution >= 4 is 0 Å². The van der Waals surface area contributed by atoms with Gasteiger partial charge in [0.15, 0.2) is 17.7 Å². The summed E-state index contributed by atoms with van der Waals surface area (Å²) < 4.78 is 16.9. The van der Waals surface area contributed by atoms with E-state index in [-0.39, 0.29) is 12.9 Å². The molecule has 0 radical (unpaired) electrons. The quantitative estimate of drug-likeness (QED) is 0.715. The molecule has 1 atom stereocenters. The molecule has 1 aromatic heterocycles. The van der Waals surface area contributed by atoms with E-state index in [1.807, 2.05) is 60.7 Å². The fraction of sp³-hybridized carbons (Fsp3) is 0.318. The second-order valence-electron chi connectivity index (χ2n) is 6.73. The second-order valence-corrected chi connectivity index (χ2v) is 6.73. The highest BCUT2D eigenvalue weighted by Crippen LogP contribution is 2.36. The molecule has 1 aliphatic heterocycles. The Hall–Kier alpha value is -2.47. The van der Waals surface area contributed by atoms with Crippen molar-refractivity contribution in [2.24, 2.45) is 0 Å². The van der Waals surface area contributed by atoms with Crippen molar-refractivity contribution in [2.45, 2.75) is 37.8 Å². The number of rotatable bonds is 6. The Bertz CT molecular complexity index is 802. The highest BCUT2D eigenvalue weighted by molar-refractivity contribution is 5.43. The minimum absolute atomic E-state index is 0.193. The van der Waals surface area contributed by atoms with E-state index < -0.39 is 5.60 Å². The number of nitrogens with zero attached hydrogens (tertiary/aromatic N) is 1. The van der Waals surface area contributed by atoms with E-state index in [0.29, 0.717) is 11.5 Å². The van der Waals surface area contributed by atoms with Crippen LogP contribution in [-0.2, 0) is 21.7 Å². The Kier molecular flexibility index (Phi) is 5.34. The van der Waals surface area contributed by atoms with Crippen molar-refractivity contribution in [3.63, 3.8) is 0 Å². The third-order valence-electron chi connectivity index (χ3n) is 4.85. The topological polar surface area (TPSA) is 64.7 Å². The van der Waals surface area contributed by atoms with Crippen LogP contribution in [0.4, 0.5) is 0 Å². The molecule has 2 heterocycles. The van der Waals surface area contributed by atoms with Gasteiger partial charge in [-0.25, -0.2) is 0 Å². The predicted molar refractivity (Wildman–Crippen MR) is 99.9 cm³/mol. The van der Waals surface area contributed by atoms with Gasteiger partial charge < -0.3 is 19.1 Å². The normalized spacial score (nSPS) is 17.7. The maximum atomic E-state index is 11.7. The molecular weight excluding hydrogens is 342 g/mol. The molecule has 0 bridgehead atoms. The molecule has 0 saturated carbocycles. The first-order valence-electron chi connectivity index (χ1n) is 9.29. The van der Waals surface area contributed by atoms with Crippen LogP contribution in [0.25, 0.3) is 0 Å². The molecule has 0 amide bonds. The number of hydrogen-bond donors (Lipinski definition) is 1. The van der Waals surface area contributed by atoms with Crippen LogP contribution in [0.5, 0.6) is 0 Å². The third kappa shape index (κ3) is 3.81. The van der Waals surface area contributed by atoms with Gasteiger partial charge in [-0.15, -0.1) is 0 Å². The summed E-state index contributed by atoms with van der Waals surface area (Å²) in [5.74, 6) is 0.364. The monoisotopic (exact) mass is 365 g/mol. The van der Waals surface area contributed by atoms with Crippen LogP contribution in [-0.4, -0.2) is 23.2 Å². The van der Waals surface area contributed by atoms with Crippen molar-refractivity contribution in [3.8, 4) is 0 Å². The highest BCUT2D eigenvalue weighted by Gasteiger charge is 2.38. The number of aromatic nitrogens is 1. The van der Waals surface area contributed by atoms with Gasteiger partial charge in [-0.05, 0) is 30.4 Å². The van der Waals surface area contributed by atoms with Gasteiger partial charge in [-0.1, -0.05) is 65.8 Å². The van der Waals surface area contributed by atoms with Crippen LogP contribution in [0.2, 0.25) is 0 Å². The number of ether oxygens (including phenoxy) is 2. The van der Waals surface area contributed by atoms with Gasteiger partial charge in [0, 0.05) is 12.7 Å². The van der Waals surface area contributed by atoms with Gasteiger partial charge in [0.25, 0.3) is 0 Å². The number of hydrogen-bond acceptors (Lipinski definition) is 5. The molecule has 3 aromatic rings. The zero-order valence-electron chi connectivity index (χ0n) is 15.1. The van der Waals surface area contributed by atoms with Crippen molar-refractivity contribution in [2.75, 3.05) is 6.61 Å². The van der Waals surface area contributed by atoms with Crippen molar-refractivity contribution < 1.29 is 19.1 Å². The molecule has 5 heteroatoms. The summed E-state index contributed by atoms with van der Waals surface area (Å²) in [6.07, 6.45) is 2.88. The standard InChI is InChI=1S/C22H23NO4/c24-22(17-9-3-1-4-10-17,18-11-5-2-6-12-18)20-15-19(23-27-20)16-26-21-13-7-8-14-25-21/h1-6,9-12,15,21,24H,7-8,13-14,16H2. The van der Waals surface area contributed by atoms with Crippen LogP contribution in [0, 0.1) is 0 Å². The maximum Gasteiger partial charge on any atom is 0.177 e. The number of aliphatic hydroxyl groups is 1. The second kappa shape index (κ2) is 8.05. The lowest BCUT2D eigenvalue weighted by atomic mass is 9.84. The van der Waals surface area contributed by atoms with Crippen molar-refractivity contribution in [1.29, 1.82) is 0 Å². The van der Waals surface area contributed by atoms with Crippen LogP contribution in [0.3, 0.4) is 0 Å². The SMILES string of the molecule is OC(c1ccccc1)(c1ccccc1)c1cc(COC2CCCCO2)no1. The molecule has 0 aliphatic carbocycles. The van der Waals surface area contributed by atoms with Gasteiger partial charge >= 0.3 is 0 Å². The van der Waals surface area contributed by atoms with E-state index >= 15 is 0 Å². The molecule has 1 N–H and O–H groups in total. The van der Waals surface area contributed by atoms with E-state index in [1.54, 1.807) is 6.07 Å². The van der Waals surface area contributed by atoms with Gasteiger partial charge in [0.2, 0.25) is 0 Å². The van der Waals surface area contributed by atoms with Crippen LogP contribution in [0.1, 0.15) is 41.8 Å². The largest absolute Gasteiger partial charge is 0.373 e. The summed E-state index contributed by atoms with van der Waals surface area (Å²) in [5.41, 5.74) is 0.644. The van der Waals surface area contributed by atoms with Crippen molar-refractivity contribution in [3.05, 3.63) is 89.3 Å². The molecule has 5 nitrogen and oxygen atoms in total. The van der Waals surface area contributed by atoms with Gasteiger partial charge in [-0.3, -0.25) is 0 Å². The van der Waals surface area contributed by atoms with Crippen molar-refractivity contribution in [1.82, 2.24) is 5.16 Å². The van der Waals surface area contributed by atoms with Gasteiger partial charge in [0.1, 0.15) is 5.69 Å². The van der Waals surface area contributed by atoms with E-state index in [4.69, 9.17) is 14.0 Å². The Balaban J connectivity index is 1.61. The fourth-order valence-corrected chi connectivity index (χ4v) is 3.38. The Morgan fingerprint density at radius 2 is 1.67 bits per heavy atom. The molecular formula is C22H23NO4. The summed E-state index contributed by atoms with van der Waals surface area (Å²) in [6, 6.07) is 20.7. The minimum atomic E-state index is -1.42. The minimum Gasteiger partial charge on any atom is -0.373 e. The summed E-state index contributed by atoms with van der Waals surface area (Å²) >= 11 is 0. The molecule has 27 heavy (non-hydrogen) atoms. The summed E-state index contributed by atoms with van der Waals surface area (Å²) in [6.45, 7) is 1.02. The molecule has 2 aromatic carbocycles. The molecule has 4 rings (SSSR count). The van der Waals surface area contributed by atoms with Crippen LogP contribution < -0.4 is 0 Å². The lowest BCUT2D eigenvalue weighted by Crippen LogP contribution is -2.28. The zero-order chi connectivity index (χ0) is 18.5. The third-order valence-corrected chi connectivity index (χ3v) is 4.85. The Morgan fingerprint density at radius 3 is 2.26 bits per heavy atom.